The van der Waals surface area contributed by atoms with E-state index in [1.807, 2.05) is 25.1 Å². The van der Waals surface area contributed by atoms with E-state index in [2.05, 4.69) is 0 Å². The van der Waals surface area contributed by atoms with Gasteiger partial charge in [0.1, 0.15) is 5.75 Å². The third-order valence-electron chi connectivity index (χ3n) is 2.43. The Bertz CT molecular complexity index is 564. The summed E-state index contributed by atoms with van der Waals surface area (Å²) in [5.74, 6) is 0.340. The second-order valence-corrected chi connectivity index (χ2v) is 4.10. The maximum atomic E-state index is 13.6. The predicted molar refractivity (Wildman–Crippen MR) is 72.4 cm³/mol. The minimum atomic E-state index is -0.414. The quantitative estimate of drug-likeness (QED) is 0.737. The standard InChI is InChI=1S/C15H12ClFO/c1-2-13(16)11-8-9-14(17)15(10-11)18-12-6-4-3-5-7-12/h2-10H,1H3. The molecule has 2 aromatic carbocycles. The van der Waals surface area contributed by atoms with Crippen molar-refractivity contribution in [2.45, 2.75) is 6.92 Å². The third kappa shape index (κ3) is 2.90. The zero-order valence-corrected chi connectivity index (χ0v) is 10.6. The Labute approximate surface area is 110 Å². The van der Waals surface area contributed by atoms with Gasteiger partial charge in [-0.2, -0.15) is 0 Å². The minimum Gasteiger partial charge on any atom is -0.454 e. The van der Waals surface area contributed by atoms with Gasteiger partial charge in [0.05, 0.1) is 0 Å². The highest BCUT2D eigenvalue weighted by Crippen LogP contribution is 2.29. The van der Waals surface area contributed by atoms with Crippen LogP contribution in [0.1, 0.15) is 12.5 Å². The molecule has 0 fully saturated rings. The van der Waals surface area contributed by atoms with Crippen molar-refractivity contribution in [3.63, 3.8) is 0 Å². The van der Waals surface area contributed by atoms with Crippen LogP contribution < -0.4 is 4.74 Å². The first-order valence-corrected chi connectivity index (χ1v) is 5.93. The van der Waals surface area contributed by atoms with Crippen LogP contribution in [0.3, 0.4) is 0 Å². The van der Waals surface area contributed by atoms with E-state index < -0.39 is 5.82 Å². The van der Waals surface area contributed by atoms with Gasteiger partial charge in [-0.15, -0.1) is 0 Å². The van der Waals surface area contributed by atoms with Crippen LogP contribution in [-0.4, -0.2) is 0 Å². The summed E-state index contributed by atoms with van der Waals surface area (Å²) in [4.78, 5) is 0. The molecule has 0 aliphatic heterocycles. The highest BCUT2D eigenvalue weighted by molar-refractivity contribution is 6.48. The molecule has 0 amide bonds. The van der Waals surface area contributed by atoms with Crippen LogP contribution in [-0.2, 0) is 0 Å². The van der Waals surface area contributed by atoms with Gasteiger partial charge in [0.15, 0.2) is 11.6 Å². The van der Waals surface area contributed by atoms with Crippen LogP contribution in [0.2, 0.25) is 0 Å². The van der Waals surface area contributed by atoms with Crippen LogP contribution in [0.4, 0.5) is 4.39 Å². The van der Waals surface area contributed by atoms with Gasteiger partial charge < -0.3 is 4.74 Å². The van der Waals surface area contributed by atoms with E-state index in [0.717, 1.165) is 5.56 Å². The summed E-state index contributed by atoms with van der Waals surface area (Å²) in [6.45, 7) is 1.82. The Hall–Kier alpha value is -1.80. The van der Waals surface area contributed by atoms with Crippen LogP contribution in [0.5, 0.6) is 11.5 Å². The summed E-state index contributed by atoms with van der Waals surface area (Å²) in [5.41, 5.74) is 0.728. The molecule has 0 heterocycles. The van der Waals surface area contributed by atoms with Crippen molar-refractivity contribution < 1.29 is 9.13 Å². The Morgan fingerprint density at radius 2 is 1.89 bits per heavy atom. The normalized spacial score (nSPS) is 11.4. The van der Waals surface area contributed by atoms with Crippen molar-refractivity contribution in [1.82, 2.24) is 0 Å². The maximum absolute atomic E-state index is 13.6. The van der Waals surface area contributed by atoms with Crippen LogP contribution in [0.25, 0.3) is 5.03 Å². The molecule has 3 heteroatoms. The van der Waals surface area contributed by atoms with Gasteiger partial charge in [-0.05, 0) is 36.8 Å². The average Bonchev–Trinajstić information content (AvgIpc) is 2.41. The van der Waals surface area contributed by atoms with E-state index in [9.17, 15) is 4.39 Å². The van der Waals surface area contributed by atoms with E-state index in [1.54, 1.807) is 30.3 Å². The molecule has 0 spiro atoms. The van der Waals surface area contributed by atoms with E-state index in [-0.39, 0.29) is 5.75 Å². The second-order valence-electron chi connectivity index (χ2n) is 3.70. The number of allylic oxidation sites excluding steroid dienone is 1. The number of rotatable bonds is 3. The molecule has 0 N–H and O–H groups in total. The molecule has 0 aliphatic rings. The minimum absolute atomic E-state index is 0.165. The van der Waals surface area contributed by atoms with E-state index in [4.69, 9.17) is 16.3 Å². The van der Waals surface area contributed by atoms with E-state index in [1.165, 1.54) is 6.07 Å². The smallest absolute Gasteiger partial charge is 0.165 e. The fourth-order valence-electron chi connectivity index (χ4n) is 1.51. The largest absolute Gasteiger partial charge is 0.454 e. The lowest BCUT2D eigenvalue weighted by molar-refractivity contribution is 0.442. The van der Waals surface area contributed by atoms with Gasteiger partial charge in [0.25, 0.3) is 0 Å². The number of benzene rings is 2. The molecule has 92 valence electrons. The number of ether oxygens (including phenoxy) is 1. The highest BCUT2D eigenvalue weighted by atomic mass is 35.5. The molecule has 0 radical (unpaired) electrons. The zero-order valence-electron chi connectivity index (χ0n) is 9.86. The summed E-state index contributed by atoms with van der Waals surface area (Å²) in [6, 6.07) is 13.6. The summed E-state index contributed by atoms with van der Waals surface area (Å²) in [5, 5.41) is 0.563. The molecular weight excluding hydrogens is 251 g/mol. The van der Waals surface area contributed by atoms with Gasteiger partial charge in [-0.1, -0.05) is 41.9 Å². The molecule has 0 aromatic heterocycles. The number of halogens is 2. The number of hydrogen-bond acceptors (Lipinski definition) is 1. The Balaban J connectivity index is 2.33. The van der Waals surface area contributed by atoms with Gasteiger partial charge in [-0.25, -0.2) is 4.39 Å². The molecule has 0 unspecified atom stereocenters. The molecule has 0 bridgehead atoms. The van der Waals surface area contributed by atoms with Crippen molar-refractivity contribution in [3.8, 4) is 11.5 Å². The SMILES string of the molecule is CC=C(Cl)c1ccc(F)c(Oc2ccccc2)c1. The molecule has 0 atom stereocenters. The molecule has 0 saturated carbocycles. The van der Waals surface area contributed by atoms with Crippen molar-refractivity contribution in [2.75, 3.05) is 0 Å². The fraction of sp³-hybridized carbons (Fsp3) is 0.0667. The van der Waals surface area contributed by atoms with Gasteiger partial charge in [0, 0.05) is 5.03 Å². The van der Waals surface area contributed by atoms with Crippen molar-refractivity contribution >= 4 is 16.6 Å². The van der Waals surface area contributed by atoms with E-state index in [0.29, 0.717) is 10.8 Å². The topological polar surface area (TPSA) is 9.23 Å². The molecule has 2 aromatic rings. The predicted octanol–water partition coefficient (Wildman–Crippen LogP) is 5.22. The van der Waals surface area contributed by atoms with Crippen LogP contribution in [0, 0.1) is 5.82 Å². The molecule has 2 rings (SSSR count). The van der Waals surface area contributed by atoms with Crippen molar-refractivity contribution in [1.29, 1.82) is 0 Å². The van der Waals surface area contributed by atoms with Gasteiger partial charge in [-0.3, -0.25) is 0 Å². The summed E-state index contributed by atoms with van der Waals surface area (Å²) in [6.07, 6.45) is 1.75. The lowest BCUT2D eigenvalue weighted by Gasteiger charge is -2.08. The van der Waals surface area contributed by atoms with Gasteiger partial charge in [0.2, 0.25) is 0 Å². The first kappa shape index (κ1) is 12.7. The zero-order chi connectivity index (χ0) is 13.0. The van der Waals surface area contributed by atoms with Gasteiger partial charge >= 0.3 is 0 Å². The molecule has 1 nitrogen and oxygen atoms in total. The maximum Gasteiger partial charge on any atom is 0.165 e. The van der Waals surface area contributed by atoms with Crippen LogP contribution >= 0.6 is 11.6 Å². The average molecular weight is 263 g/mol. The first-order chi connectivity index (χ1) is 8.70. The number of para-hydroxylation sites is 1. The second kappa shape index (κ2) is 5.69. The van der Waals surface area contributed by atoms with E-state index >= 15 is 0 Å². The third-order valence-corrected chi connectivity index (χ3v) is 2.87. The summed E-state index contributed by atoms with van der Waals surface area (Å²) >= 11 is 6.00. The molecule has 18 heavy (non-hydrogen) atoms. The fourth-order valence-corrected chi connectivity index (χ4v) is 1.63. The highest BCUT2D eigenvalue weighted by Gasteiger charge is 2.07. The lowest BCUT2D eigenvalue weighted by Crippen LogP contribution is -1.89. The summed E-state index contributed by atoms with van der Waals surface area (Å²) in [7, 11) is 0. The first-order valence-electron chi connectivity index (χ1n) is 5.55. The molecular formula is C15H12ClFO. The Morgan fingerprint density at radius 1 is 1.17 bits per heavy atom. The molecule has 0 aliphatic carbocycles. The summed E-state index contributed by atoms with van der Waals surface area (Å²) < 4.78 is 19.1. The number of hydrogen-bond donors (Lipinski definition) is 0. The molecule has 0 saturated heterocycles. The lowest BCUT2D eigenvalue weighted by atomic mass is 10.2. The Morgan fingerprint density at radius 3 is 2.56 bits per heavy atom. The Kier molecular flexibility index (Phi) is 4.00. The monoisotopic (exact) mass is 262 g/mol. The van der Waals surface area contributed by atoms with Crippen molar-refractivity contribution in [3.05, 3.63) is 66.0 Å². The van der Waals surface area contributed by atoms with Crippen LogP contribution in [0.15, 0.2) is 54.6 Å². The van der Waals surface area contributed by atoms with Crippen molar-refractivity contribution in [2.24, 2.45) is 0 Å².